The number of benzene rings is 2. The van der Waals surface area contributed by atoms with Gasteiger partial charge >= 0.3 is 0 Å². The summed E-state index contributed by atoms with van der Waals surface area (Å²) in [5, 5.41) is 2.75. The zero-order chi connectivity index (χ0) is 21.2. The fourth-order valence-electron chi connectivity index (χ4n) is 2.70. The molecule has 1 heterocycles. The third-order valence-corrected chi connectivity index (χ3v) is 5.80. The van der Waals surface area contributed by atoms with E-state index in [-0.39, 0.29) is 39.0 Å². The summed E-state index contributed by atoms with van der Waals surface area (Å²) < 4.78 is 40.9. The first kappa shape index (κ1) is 20.7. The van der Waals surface area contributed by atoms with Gasteiger partial charge in [-0.3, -0.25) is 9.52 Å². The number of rotatable bonds is 6. The summed E-state index contributed by atoms with van der Waals surface area (Å²) in [6.45, 7) is 1.68. The molecule has 4 N–H and O–H groups in total. The Kier molecular flexibility index (Phi) is 5.85. The average Bonchev–Trinajstić information content (AvgIpc) is 2.67. The van der Waals surface area contributed by atoms with Crippen molar-refractivity contribution in [2.45, 2.75) is 13.3 Å². The second-order valence-corrected chi connectivity index (χ2v) is 8.37. The van der Waals surface area contributed by atoms with Crippen molar-refractivity contribution >= 4 is 55.6 Å². The van der Waals surface area contributed by atoms with Gasteiger partial charge in [-0.2, -0.15) is 0 Å². The topological polar surface area (TPSA) is 127 Å². The molecule has 0 aliphatic rings. The number of hydrogen-bond donors (Lipinski definition) is 3. The molecule has 0 saturated heterocycles. The number of aromatic nitrogens is 2. The Labute approximate surface area is 171 Å². The zero-order valence-corrected chi connectivity index (χ0v) is 16.8. The van der Waals surface area contributed by atoms with E-state index in [4.69, 9.17) is 17.3 Å². The molecule has 8 nitrogen and oxygen atoms in total. The quantitative estimate of drug-likeness (QED) is 0.542. The SMILES string of the molecule is CCCS(=O)(=O)Nc1ccc(Cl)c(NC(=O)c2cccc3c(N)ncnc23)c1F. The first-order valence-electron chi connectivity index (χ1n) is 8.52. The average molecular weight is 438 g/mol. The van der Waals surface area contributed by atoms with Crippen LogP contribution in [0, 0.1) is 5.82 Å². The first-order valence-corrected chi connectivity index (χ1v) is 10.6. The monoisotopic (exact) mass is 437 g/mol. The highest BCUT2D eigenvalue weighted by Gasteiger charge is 2.20. The van der Waals surface area contributed by atoms with Gasteiger partial charge in [0.05, 0.1) is 33.2 Å². The minimum Gasteiger partial charge on any atom is -0.383 e. The molecule has 0 radical (unpaired) electrons. The number of amides is 1. The van der Waals surface area contributed by atoms with E-state index in [0.29, 0.717) is 11.8 Å². The number of nitrogens with two attached hydrogens (primary N) is 1. The van der Waals surface area contributed by atoms with Crippen LogP contribution in [0.1, 0.15) is 23.7 Å². The van der Waals surface area contributed by atoms with Crippen LogP contribution in [-0.4, -0.2) is 30.0 Å². The molecule has 0 aliphatic carbocycles. The molecule has 0 spiro atoms. The lowest BCUT2D eigenvalue weighted by molar-refractivity contribution is 0.102. The normalized spacial score (nSPS) is 11.4. The Morgan fingerprint density at radius 1 is 1.24 bits per heavy atom. The van der Waals surface area contributed by atoms with E-state index in [0.717, 1.165) is 0 Å². The van der Waals surface area contributed by atoms with Gasteiger partial charge < -0.3 is 11.1 Å². The fraction of sp³-hybridized carbons (Fsp3) is 0.167. The number of para-hydroxylation sites is 1. The molecule has 3 aromatic rings. The van der Waals surface area contributed by atoms with E-state index in [1.54, 1.807) is 19.1 Å². The fourth-order valence-corrected chi connectivity index (χ4v) is 4.03. The van der Waals surface area contributed by atoms with Crippen molar-refractivity contribution in [2.75, 3.05) is 21.5 Å². The Morgan fingerprint density at radius 3 is 2.72 bits per heavy atom. The number of fused-ring (bicyclic) bond motifs is 1. The summed E-state index contributed by atoms with van der Waals surface area (Å²) in [5.74, 6) is -1.67. The molecule has 1 aromatic heterocycles. The third-order valence-electron chi connectivity index (χ3n) is 4.01. The predicted octanol–water partition coefficient (Wildman–Crippen LogP) is 3.41. The van der Waals surface area contributed by atoms with Gasteiger partial charge in [0.2, 0.25) is 10.0 Å². The predicted molar refractivity (Wildman–Crippen MR) is 111 cm³/mol. The number of sulfonamides is 1. The molecule has 0 saturated carbocycles. The molecule has 0 unspecified atom stereocenters. The second-order valence-electron chi connectivity index (χ2n) is 6.12. The zero-order valence-electron chi connectivity index (χ0n) is 15.2. The molecule has 1 amide bonds. The van der Waals surface area contributed by atoms with Gasteiger partial charge in [0.15, 0.2) is 5.82 Å². The standard InChI is InChI=1S/C18H17ClFN5O3S/c1-2-8-29(27,28)25-13-7-6-12(19)16(14(13)20)24-18(26)11-5-3-4-10-15(11)22-9-23-17(10)21/h3-7,9,25H,2,8H2,1H3,(H,24,26)(H2,21,22,23). The van der Waals surface area contributed by atoms with Crippen LogP contribution < -0.4 is 15.8 Å². The number of carbonyl (C=O) groups excluding carboxylic acids is 1. The van der Waals surface area contributed by atoms with Crippen molar-refractivity contribution in [2.24, 2.45) is 0 Å². The number of halogens is 2. The Hall–Kier alpha value is -2.98. The van der Waals surface area contributed by atoms with Crippen LogP contribution in [0.15, 0.2) is 36.7 Å². The highest BCUT2D eigenvalue weighted by Crippen LogP contribution is 2.32. The van der Waals surface area contributed by atoms with Crippen LogP contribution >= 0.6 is 11.6 Å². The van der Waals surface area contributed by atoms with Crippen molar-refractivity contribution in [3.05, 3.63) is 53.1 Å². The maximum absolute atomic E-state index is 14.9. The summed E-state index contributed by atoms with van der Waals surface area (Å²) in [6.07, 6.45) is 1.57. The van der Waals surface area contributed by atoms with Crippen molar-refractivity contribution in [1.82, 2.24) is 9.97 Å². The lowest BCUT2D eigenvalue weighted by atomic mass is 10.1. The van der Waals surface area contributed by atoms with Crippen molar-refractivity contribution in [3.63, 3.8) is 0 Å². The summed E-state index contributed by atoms with van der Waals surface area (Å²) in [7, 11) is -3.73. The van der Waals surface area contributed by atoms with E-state index >= 15 is 0 Å². The van der Waals surface area contributed by atoms with Crippen molar-refractivity contribution in [3.8, 4) is 0 Å². The number of anilines is 3. The van der Waals surface area contributed by atoms with Gasteiger partial charge in [-0.15, -0.1) is 0 Å². The van der Waals surface area contributed by atoms with Crippen molar-refractivity contribution in [1.29, 1.82) is 0 Å². The van der Waals surface area contributed by atoms with Gasteiger partial charge in [-0.25, -0.2) is 22.8 Å². The summed E-state index contributed by atoms with van der Waals surface area (Å²) in [5.41, 5.74) is 5.54. The highest BCUT2D eigenvalue weighted by molar-refractivity contribution is 7.92. The van der Waals surface area contributed by atoms with Gasteiger partial charge in [-0.1, -0.05) is 24.6 Å². The molecular weight excluding hydrogens is 421 g/mol. The lowest BCUT2D eigenvalue weighted by Gasteiger charge is -2.14. The van der Waals surface area contributed by atoms with E-state index in [1.807, 2.05) is 0 Å². The molecule has 3 rings (SSSR count). The van der Waals surface area contributed by atoms with Gasteiger partial charge in [0.25, 0.3) is 5.91 Å². The molecular formula is C18H17ClFN5O3S. The number of carbonyl (C=O) groups is 1. The third kappa shape index (κ3) is 4.38. The highest BCUT2D eigenvalue weighted by atomic mass is 35.5. The van der Waals surface area contributed by atoms with Crippen LogP contribution in [0.5, 0.6) is 0 Å². The van der Waals surface area contributed by atoms with Gasteiger partial charge in [0, 0.05) is 5.39 Å². The maximum Gasteiger partial charge on any atom is 0.257 e. The van der Waals surface area contributed by atoms with Gasteiger partial charge in [-0.05, 0) is 30.7 Å². The molecule has 0 fully saturated rings. The number of nitrogens with zero attached hydrogens (tertiary/aromatic N) is 2. The number of nitrogen functional groups attached to an aromatic ring is 1. The molecule has 0 aliphatic heterocycles. The van der Waals surface area contributed by atoms with Crippen LogP contribution in [-0.2, 0) is 10.0 Å². The van der Waals surface area contributed by atoms with Crippen LogP contribution in [0.3, 0.4) is 0 Å². The minimum absolute atomic E-state index is 0.0938. The van der Waals surface area contributed by atoms with E-state index < -0.39 is 21.7 Å². The van der Waals surface area contributed by atoms with E-state index in [9.17, 15) is 17.6 Å². The molecule has 0 bridgehead atoms. The van der Waals surface area contributed by atoms with Crippen LogP contribution in [0.4, 0.5) is 21.6 Å². The maximum atomic E-state index is 14.9. The largest absolute Gasteiger partial charge is 0.383 e. The van der Waals surface area contributed by atoms with E-state index in [2.05, 4.69) is 20.0 Å². The Bertz CT molecular complexity index is 1200. The molecule has 2 aromatic carbocycles. The minimum atomic E-state index is -3.73. The van der Waals surface area contributed by atoms with Crippen LogP contribution in [0.2, 0.25) is 5.02 Å². The van der Waals surface area contributed by atoms with Gasteiger partial charge in [0.1, 0.15) is 12.1 Å². The smallest absolute Gasteiger partial charge is 0.257 e. The Balaban J connectivity index is 1.98. The summed E-state index contributed by atoms with van der Waals surface area (Å²) in [6, 6.07) is 7.20. The Morgan fingerprint density at radius 2 is 2.00 bits per heavy atom. The van der Waals surface area contributed by atoms with Crippen LogP contribution in [0.25, 0.3) is 10.9 Å². The second kappa shape index (κ2) is 8.18. The molecule has 0 atom stereocenters. The number of nitrogens with one attached hydrogen (secondary N) is 2. The molecule has 29 heavy (non-hydrogen) atoms. The summed E-state index contributed by atoms with van der Waals surface area (Å²) >= 11 is 6.03. The first-order chi connectivity index (χ1) is 13.7. The number of hydrogen-bond acceptors (Lipinski definition) is 6. The summed E-state index contributed by atoms with van der Waals surface area (Å²) in [4.78, 5) is 20.7. The van der Waals surface area contributed by atoms with Crippen molar-refractivity contribution < 1.29 is 17.6 Å². The molecule has 152 valence electrons. The molecule has 11 heteroatoms. The van der Waals surface area contributed by atoms with E-state index in [1.165, 1.54) is 24.5 Å². The lowest BCUT2D eigenvalue weighted by Crippen LogP contribution is -2.19.